The minimum atomic E-state index is -2.52. The average Bonchev–Trinajstić information content (AvgIpc) is 2.35. The Balaban J connectivity index is 3.29. The van der Waals surface area contributed by atoms with Gasteiger partial charge < -0.3 is 5.73 Å². The van der Waals surface area contributed by atoms with Gasteiger partial charge in [0, 0.05) is 25.3 Å². The fourth-order valence-corrected chi connectivity index (χ4v) is 3.63. The van der Waals surface area contributed by atoms with Crippen LogP contribution in [0.5, 0.6) is 0 Å². The number of rotatable bonds is 5. The molecule has 0 radical (unpaired) electrons. The lowest BCUT2D eigenvalue weighted by atomic mass is 10.3. The van der Waals surface area contributed by atoms with Crippen molar-refractivity contribution in [2.24, 2.45) is 4.36 Å². The molecule has 1 unspecified atom stereocenters. The van der Waals surface area contributed by atoms with Crippen molar-refractivity contribution in [2.45, 2.75) is 38.1 Å². The lowest BCUT2D eigenvalue weighted by Crippen LogP contribution is -2.33. The monoisotopic (exact) mass is 269 g/mol. The number of nitrogen functional groups attached to an aromatic ring is 1. The molecule has 0 spiro atoms. The Hall–Kier alpha value is -1.07. The Bertz CT molecular complexity index is 487. The second-order valence-corrected chi connectivity index (χ2v) is 6.86. The van der Waals surface area contributed by atoms with Gasteiger partial charge >= 0.3 is 0 Å². The number of nitrogens with zero attached hydrogens (tertiary/aromatic N) is 2. The van der Waals surface area contributed by atoms with E-state index in [-0.39, 0.29) is 6.04 Å². The van der Waals surface area contributed by atoms with E-state index in [1.54, 1.807) is 24.3 Å². The Morgan fingerprint density at radius 1 is 1.33 bits per heavy atom. The summed E-state index contributed by atoms with van der Waals surface area (Å²) in [5.74, 6) is 0. The molecule has 1 aromatic rings. The molecule has 0 aliphatic heterocycles. The molecule has 102 valence electrons. The fraction of sp³-hybridized carbons (Fsp3) is 0.538. The molecular weight excluding hydrogens is 246 g/mol. The third kappa shape index (κ3) is 3.23. The highest BCUT2D eigenvalue weighted by atomic mass is 32.2. The van der Waals surface area contributed by atoms with Crippen LogP contribution in [0.4, 0.5) is 5.69 Å². The summed E-state index contributed by atoms with van der Waals surface area (Å²) in [6.45, 7) is 6.65. The van der Waals surface area contributed by atoms with Crippen molar-refractivity contribution >= 4 is 15.6 Å². The molecule has 5 heteroatoms. The van der Waals surface area contributed by atoms with Gasteiger partial charge in [-0.2, -0.15) is 0 Å². The first kappa shape index (κ1) is 15.0. The molecule has 0 saturated carbocycles. The van der Waals surface area contributed by atoms with E-state index in [1.165, 1.54) is 0 Å². The second-order valence-electron chi connectivity index (χ2n) is 4.56. The molecule has 0 aromatic heterocycles. The molecule has 0 bridgehead atoms. The van der Waals surface area contributed by atoms with E-state index in [4.69, 9.17) is 5.73 Å². The Kier molecular flexibility index (Phi) is 5.16. The number of benzene rings is 1. The van der Waals surface area contributed by atoms with Gasteiger partial charge in [-0.1, -0.05) is 6.92 Å². The van der Waals surface area contributed by atoms with Crippen molar-refractivity contribution in [3.8, 4) is 0 Å². The Morgan fingerprint density at radius 2 is 1.89 bits per heavy atom. The zero-order valence-corrected chi connectivity index (χ0v) is 12.4. The molecule has 0 amide bonds. The SMILES string of the molecule is CCCN=S(=O)(c1ccc(N)cc1)N(C)C(C)C. The minimum absolute atomic E-state index is 0.163. The van der Waals surface area contributed by atoms with Crippen molar-refractivity contribution in [1.29, 1.82) is 0 Å². The molecular formula is C13H23N3OS. The highest BCUT2D eigenvalue weighted by molar-refractivity contribution is 7.91. The van der Waals surface area contributed by atoms with Gasteiger partial charge in [-0.15, -0.1) is 0 Å². The molecule has 2 N–H and O–H groups in total. The molecule has 1 rings (SSSR count). The van der Waals surface area contributed by atoms with Crippen molar-refractivity contribution < 1.29 is 4.21 Å². The van der Waals surface area contributed by atoms with E-state index in [0.29, 0.717) is 12.2 Å². The first-order valence-corrected chi connectivity index (χ1v) is 7.70. The van der Waals surface area contributed by atoms with E-state index in [9.17, 15) is 4.21 Å². The molecule has 4 nitrogen and oxygen atoms in total. The third-order valence-corrected chi connectivity index (χ3v) is 5.42. The van der Waals surface area contributed by atoms with Crippen LogP contribution < -0.4 is 5.73 Å². The first-order chi connectivity index (χ1) is 8.41. The zero-order valence-electron chi connectivity index (χ0n) is 11.6. The summed E-state index contributed by atoms with van der Waals surface area (Å²) in [4.78, 5) is 0.723. The first-order valence-electron chi connectivity index (χ1n) is 6.23. The van der Waals surface area contributed by atoms with Crippen LogP contribution in [0.3, 0.4) is 0 Å². The van der Waals surface area contributed by atoms with Gasteiger partial charge in [0.05, 0.1) is 4.90 Å². The molecule has 18 heavy (non-hydrogen) atoms. The van der Waals surface area contributed by atoms with E-state index < -0.39 is 9.92 Å². The predicted molar refractivity (Wildman–Crippen MR) is 77.7 cm³/mol. The van der Waals surface area contributed by atoms with Crippen LogP contribution in [0.15, 0.2) is 33.5 Å². The van der Waals surface area contributed by atoms with E-state index in [2.05, 4.69) is 4.36 Å². The molecule has 0 aliphatic rings. The summed E-state index contributed by atoms with van der Waals surface area (Å²) in [7, 11) is -0.672. The number of nitrogens with two attached hydrogens (primary N) is 1. The average molecular weight is 269 g/mol. The maximum absolute atomic E-state index is 13.1. The summed E-state index contributed by atoms with van der Waals surface area (Å²) in [5, 5.41) is 0. The van der Waals surface area contributed by atoms with Crippen LogP contribution in [-0.4, -0.2) is 28.1 Å². The van der Waals surface area contributed by atoms with Gasteiger partial charge in [-0.05, 0) is 44.5 Å². The van der Waals surface area contributed by atoms with Crippen molar-refractivity contribution in [3.63, 3.8) is 0 Å². The smallest absolute Gasteiger partial charge is 0.139 e. The zero-order chi connectivity index (χ0) is 13.8. The molecule has 0 heterocycles. The predicted octanol–water partition coefficient (Wildman–Crippen LogP) is 2.76. The number of hydrogen-bond acceptors (Lipinski definition) is 3. The summed E-state index contributed by atoms with van der Waals surface area (Å²) in [6, 6.07) is 7.30. The highest BCUT2D eigenvalue weighted by Gasteiger charge is 2.20. The standard InChI is InChI=1S/C13H23N3OS/c1-5-10-15-18(17,16(4)11(2)3)13-8-6-12(14)7-9-13/h6-9,11H,5,10,14H2,1-4H3. The Labute approximate surface area is 110 Å². The molecule has 1 atom stereocenters. The third-order valence-electron chi connectivity index (χ3n) is 2.79. The molecule has 0 aliphatic carbocycles. The van der Waals surface area contributed by atoms with Crippen LogP contribution in [-0.2, 0) is 9.92 Å². The van der Waals surface area contributed by atoms with Crippen LogP contribution in [0.2, 0.25) is 0 Å². The summed E-state index contributed by atoms with van der Waals surface area (Å²) in [5.41, 5.74) is 6.34. The van der Waals surface area contributed by atoms with Gasteiger partial charge in [0.1, 0.15) is 9.92 Å². The largest absolute Gasteiger partial charge is 0.399 e. The van der Waals surface area contributed by atoms with Gasteiger partial charge in [-0.3, -0.25) is 0 Å². The van der Waals surface area contributed by atoms with Gasteiger partial charge in [0.2, 0.25) is 0 Å². The van der Waals surface area contributed by atoms with Gasteiger partial charge in [0.25, 0.3) is 0 Å². The molecule has 0 saturated heterocycles. The summed E-state index contributed by atoms with van der Waals surface area (Å²) < 4.78 is 19.4. The van der Waals surface area contributed by atoms with Crippen LogP contribution in [0.1, 0.15) is 27.2 Å². The molecule has 0 fully saturated rings. The lowest BCUT2D eigenvalue weighted by molar-refractivity contribution is 0.436. The number of hydrogen-bond donors (Lipinski definition) is 1. The van der Waals surface area contributed by atoms with Crippen LogP contribution in [0, 0.1) is 0 Å². The summed E-state index contributed by atoms with van der Waals surface area (Å²) >= 11 is 0. The maximum Gasteiger partial charge on any atom is 0.139 e. The fourth-order valence-electron chi connectivity index (χ4n) is 1.48. The normalized spacial score (nSPS) is 14.8. The Morgan fingerprint density at radius 3 is 2.33 bits per heavy atom. The van der Waals surface area contributed by atoms with Crippen molar-refractivity contribution in [1.82, 2.24) is 4.31 Å². The van der Waals surface area contributed by atoms with E-state index in [1.807, 2.05) is 32.1 Å². The van der Waals surface area contributed by atoms with Crippen LogP contribution in [0.25, 0.3) is 0 Å². The van der Waals surface area contributed by atoms with Crippen LogP contribution >= 0.6 is 0 Å². The molecule has 1 aromatic carbocycles. The van der Waals surface area contributed by atoms with Crippen molar-refractivity contribution in [3.05, 3.63) is 24.3 Å². The summed E-state index contributed by atoms with van der Waals surface area (Å²) in [6.07, 6.45) is 0.887. The maximum atomic E-state index is 13.1. The topological polar surface area (TPSA) is 58.7 Å². The second kappa shape index (κ2) is 6.20. The quantitative estimate of drug-likeness (QED) is 0.836. The minimum Gasteiger partial charge on any atom is -0.399 e. The van der Waals surface area contributed by atoms with Gasteiger partial charge in [-0.25, -0.2) is 12.9 Å². The lowest BCUT2D eigenvalue weighted by Gasteiger charge is -2.25. The van der Waals surface area contributed by atoms with Crippen molar-refractivity contribution in [2.75, 3.05) is 19.3 Å². The van der Waals surface area contributed by atoms with E-state index in [0.717, 1.165) is 11.3 Å². The highest BCUT2D eigenvalue weighted by Crippen LogP contribution is 2.20. The number of anilines is 1. The van der Waals surface area contributed by atoms with Gasteiger partial charge in [0.15, 0.2) is 0 Å². The van der Waals surface area contributed by atoms with E-state index >= 15 is 0 Å².